The number of anilines is 2. The summed E-state index contributed by atoms with van der Waals surface area (Å²) < 4.78 is 26.7. The van der Waals surface area contributed by atoms with Crippen LogP contribution in [0.25, 0.3) is 0 Å². The van der Waals surface area contributed by atoms with Crippen LogP contribution in [0.4, 0.5) is 20.3 Å². The van der Waals surface area contributed by atoms with Gasteiger partial charge in [-0.25, -0.2) is 13.8 Å². The first-order valence-electron chi connectivity index (χ1n) is 9.27. The van der Waals surface area contributed by atoms with Gasteiger partial charge in [0.15, 0.2) is 0 Å². The van der Waals surface area contributed by atoms with Gasteiger partial charge in [-0.2, -0.15) is 0 Å². The molecule has 2 amide bonds. The van der Waals surface area contributed by atoms with E-state index in [0.717, 1.165) is 30.8 Å². The second-order valence-electron chi connectivity index (χ2n) is 7.07. The van der Waals surface area contributed by atoms with Gasteiger partial charge in [0.2, 0.25) is 5.91 Å². The fourth-order valence-corrected chi connectivity index (χ4v) is 3.26. The van der Waals surface area contributed by atoms with Gasteiger partial charge in [0, 0.05) is 38.2 Å². The maximum atomic E-state index is 13.7. The number of aromatic nitrogens is 1. The molecule has 0 bridgehead atoms. The maximum absolute atomic E-state index is 13.7. The number of hydrogen-bond donors (Lipinski definition) is 1. The summed E-state index contributed by atoms with van der Waals surface area (Å²) in [6.07, 6.45) is 3.52. The van der Waals surface area contributed by atoms with Gasteiger partial charge in [-0.05, 0) is 37.1 Å². The van der Waals surface area contributed by atoms with Crippen LogP contribution in [0.5, 0.6) is 0 Å². The number of piperazine rings is 1. The third-order valence-corrected chi connectivity index (χ3v) is 5.02. The van der Waals surface area contributed by atoms with Crippen LogP contribution >= 0.6 is 0 Å². The lowest BCUT2D eigenvalue weighted by molar-refractivity contribution is -0.132. The topological polar surface area (TPSA) is 65.5 Å². The van der Waals surface area contributed by atoms with Gasteiger partial charge in [0.25, 0.3) is 5.91 Å². The largest absolute Gasteiger partial charge is 0.353 e. The summed E-state index contributed by atoms with van der Waals surface area (Å²) >= 11 is 0. The summed E-state index contributed by atoms with van der Waals surface area (Å²) in [5, 5.41) is 2.55. The molecule has 4 rings (SSSR count). The zero-order chi connectivity index (χ0) is 19.7. The van der Waals surface area contributed by atoms with Gasteiger partial charge < -0.3 is 15.1 Å². The van der Waals surface area contributed by atoms with Gasteiger partial charge in [0.1, 0.15) is 17.5 Å². The minimum Gasteiger partial charge on any atom is -0.353 e. The van der Waals surface area contributed by atoms with Crippen molar-refractivity contribution in [3.8, 4) is 0 Å². The molecule has 28 heavy (non-hydrogen) atoms. The number of halogens is 2. The normalized spacial score (nSPS) is 16.8. The number of pyridine rings is 1. The van der Waals surface area contributed by atoms with Crippen molar-refractivity contribution in [2.45, 2.75) is 12.8 Å². The first-order chi connectivity index (χ1) is 13.5. The van der Waals surface area contributed by atoms with E-state index in [4.69, 9.17) is 0 Å². The van der Waals surface area contributed by atoms with Crippen molar-refractivity contribution in [1.29, 1.82) is 0 Å². The average Bonchev–Trinajstić information content (AvgIpc) is 3.53. The molecular weight excluding hydrogens is 366 g/mol. The molecule has 6 nitrogen and oxygen atoms in total. The van der Waals surface area contributed by atoms with E-state index in [-0.39, 0.29) is 17.4 Å². The van der Waals surface area contributed by atoms with Crippen LogP contribution in [0.15, 0.2) is 36.5 Å². The van der Waals surface area contributed by atoms with E-state index in [1.165, 1.54) is 6.20 Å². The lowest BCUT2D eigenvalue weighted by Gasteiger charge is -2.35. The van der Waals surface area contributed by atoms with Gasteiger partial charge in [-0.1, -0.05) is 0 Å². The van der Waals surface area contributed by atoms with Crippen molar-refractivity contribution < 1.29 is 18.4 Å². The van der Waals surface area contributed by atoms with Crippen molar-refractivity contribution in [3.63, 3.8) is 0 Å². The van der Waals surface area contributed by atoms with Gasteiger partial charge in [-0.15, -0.1) is 0 Å². The average molecular weight is 386 g/mol. The molecule has 1 saturated heterocycles. The van der Waals surface area contributed by atoms with Crippen molar-refractivity contribution in [2.75, 3.05) is 36.4 Å². The number of nitrogens with zero attached hydrogens (tertiary/aromatic N) is 3. The molecular formula is C20H20F2N4O2. The van der Waals surface area contributed by atoms with Crippen LogP contribution in [0.3, 0.4) is 0 Å². The molecule has 8 heteroatoms. The highest BCUT2D eigenvalue weighted by atomic mass is 19.1. The van der Waals surface area contributed by atoms with Crippen molar-refractivity contribution in [3.05, 3.63) is 53.7 Å². The fraction of sp³-hybridized carbons (Fsp3) is 0.350. The predicted octanol–water partition coefficient (Wildman–Crippen LogP) is 2.67. The smallest absolute Gasteiger partial charge is 0.258 e. The van der Waals surface area contributed by atoms with E-state index < -0.39 is 17.5 Å². The van der Waals surface area contributed by atoms with Crippen LogP contribution in [0.2, 0.25) is 0 Å². The first kappa shape index (κ1) is 18.3. The molecule has 1 aromatic carbocycles. The molecule has 1 aliphatic heterocycles. The number of carbonyl (C=O) groups is 2. The van der Waals surface area contributed by atoms with Crippen molar-refractivity contribution in [2.24, 2.45) is 5.92 Å². The first-order valence-corrected chi connectivity index (χ1v) is 9.27. The molecule has 1 N–H and O–H groups in total. The second kappa shape index (κ2) is 7.53. The number of carbonyl (C=O) groups excluding carboxylic acids is 2. The summed E-state index contributed by atoms with van der Waals surface area (Å²) in [5.74, 6) is -1.07. The van der Waals surface area contributed by atoms with E-state index in [9.17, 15) is 18.4 Å². The SMILES string of the molecule is O=C(Nc1ccc(N2CCN(C(=O)C3CC3)CC2)nc1)c1ccc(F)cc1F. The Morgan fingerprint density at radius 1 is 1.04 bits per heavy atom. The van der Waals surface area contributed by atoms with E-state index >= 15 is 0 Å². The molecule has 2 fully saturated rings. The standard InChI is InChI=1S/C20H20F2N4O2/c21-14-3-5-16(17(22)11-14)19(27)24-15-4-6-18(23-12-15)25-7-9-26(10-8-25)20(28)13-1-2-13/h3-6,11-13H,1-2,7-10H2,(H,24,27). The molecule has 1 saturated carbocycles. The fourth-order valence-electron chi connectivity index (χ4n) is 3.26. The van der Waals surface area contributed by atoms with Gasteiger partial charge in [-0.3, -0.25) is 9.59 Å². The molecule has 2 aliphatic rings. The summed E-state index contributed by atoms with van der Waals surface area (Å²) in [4.78, 5) is 32.6. The van der Waals surface area contributed by atoms with Crippen LogP contribution in [-0.2, 0) is 4.79 Å². The van der Waals surface area contributed by atoms with Gasteiger partial charge >= 0.3 is 0 Å². The molecule has 0 spiro atoms. The number of hydrogen-bond acceptors (Lipinski definition) is 4. The zero-order valence-electron chi connectivity index (χ0n) is 15.2. The second-order valence-corrected chi connectivity index (χ2v) is 7.07. The monoisotopic (exact) mass is 386 g/mol. The Hall–Kier alpha value is -3.03. The number of amides is 2. The van der Waals surface area contributed by atoms with Gasteiger partial charge in [0.05, 0.1) is 17.4 Å². The lowest BCUT2D eigenvalue weighted by atomic mass is 10.2. The summed E-state index contributed by atoms with van der Waals surface area (Å²) in [6, 6.07) is 6.26. The minimum atomic E-state index is -0.916. The Morgan fingerprint density at radius 2 is 1.79 bits per heavy atom. The summed E-state index contributed by atoms with van der Waals surface area (Å²) in [6.45, 7) is 2.77. The Bertz CT molecular complexity index is 892. The van der Waals surface area contributed by atoms with E-state index in [1.807, 2.05) is 4.90 Å². The molecule has 2 heterocycles. The lowest BCUT2D eigenvalue weighted by Crippen LogP contribution is -2.49. The third-order valence-electron chi connectivity index (χ3n) is 5.02. The Labute approximate surface area is 161 Å². The van der Waals surface area contributed by atoms with Crippen molar-refractivity contribution >= 4 is 23.3 Å². The van der Waals surface area contributed by atoms with Crippen LogP contribution in [0.1, 0.15) is 23.2 Å². The Morgan fingerprint density at radius 3 is 2.39 bits per heavy atom. The highest BCUT2D eigenvalue weighted by Gasteiger charge is 2.34. The molecule has 2 aromatic rings. The van der Waals surface area contributed by atoms with Crippen LogP contribution < -0.4 is 10.2 Å². The van der Waals surface area contributed by atoms with E-state index in [0.29, 0.717) is 37.9 Å². The number of rotatable bonds is 4. The minimum absolute atomic E-state index is 0.234. The van der Waals surface area contributed by atoms with Crippen LogP contribution in [0, 0.1) is 17.6 Å². The Kier molecular flexibility index (Phi) is 4.93. The van der Waals surface area contributed by atoms with Crippen LogP contribution in [-0.4, -0.2) is 47.9 Å². The third kappa shape index (κ3) is 3.95. The number of nitrogens with one attached hydrogen (secondary N) is 1. The summed E-state index contributed by atoms with van der Waals surface area (Å²) in [7, 11) is 0. The molecule has 0 radical (unpaired) electrons. The molecule has 0 atom stereocenters. The zero-order valence-corrected chi connectivity index (χ0v) is 15.2. The predicted molar refractivity (Wildman–Crippen MR) is 100 cm³/mol. The molecule has 146 valence electrons. The highest BCUT2D eigenvalue weighted by Crippen LogP contribution is 2.31. The van der Waals surface area contributed by atoms with E-state index in [2.05, 4.69) is 15.2 Å². The molecule has 1 aromatic heterocycles. The maximum Gasteiger partial charge on any atom is 0.258 e. The quantitative estimate of drug-likeness (QED) is 0.878. The molecule has 0 unspecified atom stereocenters. The Balaban J connectivity index is 1.35. The summed E-state index contributed by atoms with van der Waals surface area (Å²) in [5.41, 5.74) is 0.182. The molecule has 1 aliphatic carbocycles. The van der Waals surface area contributed by atoms with E-state index in [1.54, 1.807) is 12.1 Å². The van der Waals surface area contributed by atoms with Crippen molar-refractivity contribution in [1.82, 2.24) is 9.88 Å². The number of benzene rings is 1. The highest BCUT2D eigenvalue weighted by molar-refractivity contribution is 6.04.